The molecule has 1 aliphatic rings. The highest BCUT2D eigenvalue weighted by molar-refractivity contribution is 6.80. The van der Waals surface area contributed by atoms with Crippen molar-refractivity contribution in [2.45, 2.75) is 44.6 Å². The van der Waals surface area contributed by atoms with E-state index < -0.39 is 8.07 Å². The van der Waals surface area contributed by atoms with Gasteiger partial charge < -0.3 is 5.32 Å². The first kappa shape index (κ1) is 12.2. The van der Waals surface area contributed by atoms with Crippen molar-refractivity contribution >= 4 is 14.0 Å². The molecule has 0 saturated heterocycles. The maximum absolute atomic E-state index is 12.0. The number of allylic oxidation sites excluding steroid dienone is 2. The van der Waals surface area contributed by atoms with E-state index in [-0.39, 0.29) is 17.5 Å². The smallest absolute Gasteiger partial charge is 0.221 e. The highest BCUT2D eigenvalue weighted by atomic mass is 28.3. The van der Waals surface area contributed by atoms with E-state index in [1.807, 2.05) is 24.3 Å². The molecule has 0 heterocycles. The van der Waals surface area contributed by atoms with Gasteiger partial charge in [0, 0.05) is 5.54 Å². The highest BCUT2D eigenvalue weighted by Crippen LogP contribution is 2.25. The summed E-state index contributed by atoms with van der Waals surface area (Å²) in [7, 11) is -1.38. The molecule has 2 nitrogen and oxygen atoms in total. The summed E-state index contributed by atoms with van der Waals surface area (Å²) in [5.41, 5.74) is 0.222. The van der Waals surface area contributed by atoms with Gasteiger partial charge in [0.2, 0.25) is 5.91 Å². The third-order valence-corrected chi connectivity index (χ3v) is 5.59. The van der Waals surface area contributed by atoms with Gasteiger partial charge in [-0.2, -0.15) is 0 Å². The van der Waals surface area contributed by atoms with Crippen molar-refractivity contribution in [3.63, 3.8) is 0 Å². The van der Waals surface area contributed by atoms with Crippen molar-refractivity contribution < 1.29 is 4.79 Å². The summed E-state index contributed by atoms with van der Waals surface area (Å²) in [6.45, 7) is 8.85. The quantitative estimate of drug-likeness (QED) is 0.730. The van der Waals surface area contributed by atoms with Gasteiger partial charge in [-0.15, -0.1) is 0 Å². The summed E-state index contributed by atoms with van der Waals surface area (Å²) in [4.78, 5) is 12.0. The molecule has 0 aromatic rings. The van der Waals surface area contributed by atoms with E-state index in [2.05, 4.69) is 31.9 Å². The Morgan fingerprint density at radius 3 is 2.27 bits per heavy atom. The number of hydrogen-bond acceptors (Lipinski definition) is 1. The Hall–Kier alpha value is -0.833. The van der Waals surface area contributed by atoms with Gasteiger partial charge in [-0.25, -0.2) is 0 Å². The Morgan fingerprint density at radius 2 is 1.87 bits per heavy atom. The van der Waals surface area contributed by atoms with Gasteiger partial charge in [0.25, 0.3) is 0 Å². The minimum Gasteiger partial charge on any atom is -0.346 e. The van der Waals surface area contributed by atoms with Crippen molar-refractivity contribution in [2.24, 2.45) is 0 Å². The molecular weight excluding hydrogens is 202 g/mol. The molecule has 0 aromatic heterocycles. The monoisotopic (exact) mass is 223 g/mol. The number of amides is 1. The third-order valence-electron chi connectivity index (χ3n) is 2.83. The highest BCUT2D eigenvalue weighted by Gasteiger charge is 2.31. The van der Waals surface area contributed by atoms with E-state index in [0.29, 0.717) is 0 Å². The molecule has 1 rings (SSSR count). The lowest BCUT2D eigenvalue weighted by atomic mass is 10.2. The molecule has 1 unspecified atom stereocenters. The predicted octanol–water partition coefficient (Wildman–Crippen LogP) is 2.72. The summed E-state index contributed by atoms with van der Waals surface area (Å²) < 4.78 is 0. The zero-order chi connectivity index (χ0) is 11.5. The topological polar surface area (TPSA) is 29.1 Å². The second-order valence-corrected chi connectivity index (χ2v) is 10.6. The molecule has 1 amide bonds. The molecule has 0 aliphatic heterocycles. The Balaban J connectivity index is 2.58. The van der Waals surface area contributed by atoms with Crippen LogP contribution in [0.15, 0.2) is 24.3 Å². The number of hydrogen-bond donors (Lipinski definition) is 1. The summed E-state index contributed by atoms with van der Waals surface area (Å²) in [5, 5.41) is 3.06. The normalized spacial score (nSPS) is 18.1. The molecule has 1 N–H and O–H groups in total. The van der Waals surface area contributed by atoms with Crippen LogP contribution >= 0.6 is 0 Å². The second-order valence-electron chi connectivity index (χ2n) is 5.13. The van der Waals surface area contributed by atoms with E-state index in [0.717, 1.165) is 6.42 Å². The molecule has 15 heavy (non-hydrogen) atoms. The number of rotatable bonds is 4. The van der Waals surface area contributed by atoms with Crippen LogP contribution in [-0.4, -0.2) is 20.0 Å². The van der Waals surface area contributed by atoms with Crippen LogP contribution in [0.3, 0.4) is 0 Å². The Kier molecular flexibility index (Phi) is 3.91. The number of nitrogens with one attached hydrogen (secondary N) is 1. The maximum Gasteiger partial charge on any atom is 0.221 e. The first-order chi connectivity index (χ1) is 6.95. The minimum absolute atomic E-state index is 0.114. The van der Waals surface area contributed by atoms with Gasteiger partial charge in [0.1, 0.15) is 0 Å². The molecule has 1 aliphatic carbocycles. The first-order valence-corrected chi connectivity index (χ1v) is 9.18. The molecule has 1 atom stereocenters. The van der Waals surface area contributed by atoms with E-state index in [1.54, 1.807) is 0 Å². The van der Waals surface area contributed by atoms with Crippen LogP contribution in [0.1, 0.15) is 13.3 Å². The SMILES string of the molecule is CCC(C(=O)NC1C=CC=C1)[Si](C)(C)C. The molecule has 0 saturated carbocycles. The average Bonchev–Trinajstić information content (AvgIpc) is 2.54. The lowest BCUT2D eigenvalue weighted by molar-refractivity contribution is -0.121. The van der Waals surface area contributed by atoms with Crippen molar-refractivity contribution in [1.29, 1.82) is 0 Å². The van der Waals surface area contributed by atoms with Crippen LogP contribution in [0.5, 0.6) is 0 Å². The molecule has 0 aromatic carbocycles. The van der Waals surface area contributed by atoms with E-state index in [4.69, 9.17) is 0 Å². The summed E-state index contributed by atoms with van der Waals surface area (Å²) >= 11 is 0. The molecule has 0 spiro atoms. The van der Waals surface area contributed by atoms with E-state index in [1.165, 1.54) is 0 Å². The zero-order valence-electron chi connectivity index (χ0n) is 10.1. The van der Waals surface area contributed by atoms with Crippen LogP contribution in [0, 0.1) is 0 Å². The first-order valence-electron chi connectivity index (χ1n) is 5.60. The fourth-order valence-electron chi connectivity index (χ4n) is 1.98. The zero-order valence-corrected chi connectivity index (χ0v) is 11.1. The molecule has 3 heteroatoms. The van der Waals surface area contributed by atoms with E-state index in [9.17, 15) is 4.79 Å². The largest absolute Gasteiger partial charge is 0.346 e. The lowest BCUT2D eigenvalue weighted by Crippen LogP contribution is -2.42. The van der Waals surface area contributed by atoms with Gasteiger partial charge in [-0.05, 0) is 6.42 Å². The van der Waals surface area contributed by atoms with Gasteiger partial charge in [-0.1, -0.05) is 50.9 Å². The van der Waals surface area contributed by atoms with Crippen LogP contribution in [0.2, 0.25) is 25.2 Å². The van der Waals surface area contributed by atoms with Crippen LogP contribution < -0.4 is 5.32 Å². The lowest BCUT2D eigenvalue weighted by Gasteiger charge is -2.27. The van der Waals surface area contributed by atoms with Crippen LogP contribution in [0.25, 0.3) is 0 Å². The predicted molar refractivity (Wildman–Crippen MR) is 67.6 cm³/mol. The Labute approximate surface area is 93.5 Å². The Bertz CT molecular complexity index is 276. The molecular formula is C12H21NOSi. The van der Waals surface area contributed by atoms with Crippen LogP contribution in [-0.2, 0) is 4.79 Å². The van der Waals surface area contributed by atoms with Crippen molar-refractivity contribution in [2.75, 3.05) is 0 Å². The van der Waals surface area contributed by atoms with Crippen molar-refractivity contribution in [3.8, 4) is 0 Å². The third kappa shape index (κ3) is 3.34. The van der Waals surface area contributed by atoms with E-state index >= 15 is 0 Å². The molecule has 84 valence electrons. The summed E-state index contributed by atoms with van der Waals surface area (Å²) in [6.07, 6.45) is 8.91. The maximum atomic E-state index is 12.0. The Morgan fingerprint density at radius 1 is 1.33 bits per heavy atom. The average molecular weight is 223 g/mol. The van der Waals surface area contributed by atoms with Crippen LogP contribution in [0.4, 0.5) is 0 Å². The second kappa shape index (κ2) is 4.79. The molecule has 0 fully saturated rings. The molecule has 0 bridgehead atoms. The van der Waals surface area contributed by atoms with Crippen molar-refractivity contribution in [1.82, 2.24) is 5.32 Å². The fourth-order valence-corrected chi connectivity index (χ4v) is 4.08. The van der Waals surface area contributed by atoms with Crippen molar-refractivity contribution in [3.05, 3.63) is 24.3 Å². The van der Waals surface area contributed by atoms with Gasteiger partial charge in [-0.3, -0.25) is 4.79 Å². The van der Waals surface area contributed by atoms with Gasteiger partial charge in [0.15, 0.2) is 0 Å². The molecule has 0 radical (unpaired) electrons. The van der Waals surface area contributed by atoms with Gasteiger partial charge in [0.05, 0.1) is 14.1 Å². The standard InChI is InChI=1S/C12H21NOSi/c1-5-11(15(2,3)4)12(14)13-10-8-6-7-9-10/h6-11H,5H2,1-4H3,(H,13,14). The summed E-state index contributed by atoms with van der Waals surface area (Å²) in [5.74, 6) is 0.220. The number of carbonyl (C=O) groups is 1. The fraction of sp³-hybridized carbons (Fsp3) is 0.583. The number of carbonyl (C=O) groups excluding carboxylic acids is 1. The van der Waals surface area contributed by atoms with Gasteiger partial charge >= 0.3 is 0 Å². The summed E-state index contributed by atoms with van der Waals surface area (Å²) in [6, 6.07) is 0.114. The minimum atomic E-state index is -1.38.